The predicted octanol–water partition coefficient (Wildman–Crippen LogP) is 3.82. The second-order valence-corrected chi connectivity index (χ2v) is 4.95. The Morgan fingerprint density at radius 2 is 1.95 bits per heavy atom. The number of aromatic nitrogens is 1. The van der Waals surface area contributed by atoms with Crippen LogP contribution in [0.5, 0.6) is 0 Å². The Hall–Kier alpha value is -1.81. The fourth-order valence-corrected chi connectivity index (χ4v) is 2.50. The van der Waals surface area contributed by atoms with Gasteiger partial charge in [-0.15, -0.1) is 0 Å². The van der Waals surface area contributed by atoms with Crippen molar-refractivity contribution in [2.45, 2.75) is 32.7 Å². The summed E-state index contributed by atoms with van der Waals surface area (Å²) in [5.41, 5.74) is 2.40. The van der Waals surface area contributed by atoms with Crippen LogP contribution in [0.2, 0.25) is 0 Å². The van der Waals surface area contributed by atoms with E-state index in [1.54, 1.807) is 6.20 Å². The van der Waals surface area contributed by atoms with Crippen molar-refractivity contribution >= 4 is 0 Å². The molecule has 0 aliphatic heterocycles. The number of benzene rings is 1. The summed E-state index contributed by atoms with van der Waals surface area (Å²) in [6.07, 6.45) is 2.97. The number of halogens is 2. The molecule has 0 aliphatic rings. The molecule has 1 aromatic heterocycles. The van der Waals surface area contributed by atoms with Gasteiger partial charge in [0.15, 0.2) is 0 Å². The van der Waals surface area contributed by atoms with Crippen molar-refractivity contribution in [2.75, 3.05) is 6.54 Å². The van der Waals surface area contributed by atoms with E-state index in [2.05, 4.69) is 17.2 Å². The third-order valence-electron chi connectivity index (χ3n) is 3.52. The van der Waals surface area contributed by atoms with Crippen molar-refractivity contribution in [1.29, 1.82) is 0 Å². The Morgan fingerprint density at radius 1 is 1.14 bits per heavy atom. The quantitative estimate of drug-likeness (QED) is 0.875. The fraction of sp³-hybridized carbons (Fsp3) is 0.353. The number of nitrogens with one attached hydrogen (secondary N) is 1. The molecule has 0 saturated carbocycles. The van der Waals surface area contributed by atoms with Crippen LogP contribution in [0.1, 0.15) is 36.7 Å². The zero-order valence-corrected chi connectivity index (χ0v) is 12.4. The summed E-state index contributed by atoms with van der Waals surface area (Å²) < 4.78 is 27.2. The lowest BCUT2D eigenvalue weighted by Crippen LogP contribution is -2.25. The minimum absolute atomic E-state index is 0.123. The smallest absolute Gasteiger partial charge is 0.126 e. The van der Waals surface area contributed by atoms with E-state index >= 15 is 0 Å². The first kappa shape index (κ1) is 15.6. The predicted molar refractivity (Wildman–Crippen MR) is 80.1 cm³/mol. The Bertz CT molecular complexity index is 599. The van der Waals surface area contributed by atoms with Gasteiger partial charge in [0.1, 0.15) is 11.6 Å². The molecule has 2 rings (SSSR count). The molecule has 0 aliphatic carbocycles. The van der Waals surface area contributed by atoms with Crippen LogP contribution in [0, 0.1) is 11.6 Å². The van der Waals surface area contributed by atoms with Crippen LogP contribution in [0.15, 0.2) is 36.5 Å². The molecule has 4 heteroatoms. The van der Waals surface area contributed by atoms with Crippen LogP contribution in [0.4, 0.5) is 8.78 Å². The molecule has 1 N–H and O–H groups in total. The zero-order valence-electron chi connectivity index (χ0n) is 12.4. The van der Waals surface area contributed by atoms with E-state index in [0.717, 1.165) is 30.3 Å². The van der Waals surface area contributed by atoms with Crippen LogP contribution in [0.3, 0.4) is 0 Å². The molecule has 0 radical (unpaired) electrons. The average molecular weight is 290 g/mol. The number of hydrogen-bond donors (Lipinski definition) is 1. The van der Waals surface area contributed by atoms with E-state index < -0.39 is 5.82 Å². The molecule has 1 unspecified atom stereocenters. The third kappa shape index (κ3) is 3.85. The van der Waals surface area contributed by atoms with Crippen molar-refractivity contribution in [3.8, 4) is 0 Å². The van der Waals surface area contributed by atoms with E-state index in [-0.39, 0.29) is 11.9 Å². The highest BCUT2D eigenvalue weighted by Crippen LogP contribution is 2.22. The molecule has 2 aromatic rings. The van der Waals surface area contributed by atoms with Crippen molar-refractivity contribution < 1.29 is 8.78 Å². The summed E-state index contributed by atoms with van der Waals surface area (Å²) in [6.45, 7) is 4.79. The van der Waals surface area contributed by atoms with Gasteiger partial charge in [-0.1, -0.05) is 19.9 Å². The Labute approximate surface area is 124 Å². The monoisotopic (exact) mass is 290 g/mol. The van der Waals surface area contributed by atoms with E-state index in [4.69, 9.17) is 0 Å². The Kier molecular flexibility index (Phi) is 5.39. The van der Waals surface area contributed by atoms with Gasteiger partial charge in [0.05, 0.1) is 11.7 Å². The highest BCUT2D eigenvalue weighted by molar-refractivity contribution is 5.27. The van der Waals surface area contributed by atoms with Crippen molar-refractivity contribution in [2.24, 2.45) is 0 Å². The van der Waals surface area contributed by atoms with Crippen LogP contribution in [-0.2, 0) is 12.8 Å². The van der Waals surface area contributed by atoms with Crippen LogP contribution < -0.4 is 5.32 Å². The summed E-state index contributed by atoms with van der Waals surface area (Å²) in [4.78, 5) is 4.44. The van der Waals surface area contributed by atoms with E-state index in [1.807, 2.05) is 19.1 Å². The van der Waals surface area contributed by atoms with E-state index in [0.29, 0.717) is 12.0 Å². The maximum atomic E-state index is 13.9. The van der Waals surface area contributed by atoms with Crippen molar-refractivity contribution in [3.05, 3.63) is 65.0 Å². The lowest BCUT2D eigenvalue weighted by atomic mass is 9.98. The number of aryl methyl sites for hydroxylation is 1. The summed E-state index contributed by atoms with van der Waals surface area (Å²) >= 11 is 0. The molecule has 1 heterocycles. The van der Waals surface area contributed by atoms with Gasteiger partial charge < -0.3 is 5.32 Å². The van der Waals surface area contributed by atoms with Gasteiger partial charge in [0, 0.05) is 6.20 Å². The molecule has 112 valence electrons. The maximum absolute atomic E-state index is 13.9. The number of pyridine rings is 1. The Morgan fingerprint density at radius 3 is 2.67 bits per heavy atom. The second kappa shape index (κ2) is 7.27. The molecular weight excluding hydrogens is 270 g/mol. The lowest BCUT2D eigenvalue weighted by molar-refractivity contribution is 0.509. The lowest BCUT2D eigenvalue weighted by Gasteiger charge is -2.20. The molecule has 0 bridgehead atoms. The first-order chi connectivity index (χ1) is 10.2. The number of likely N-dealkylation sites (N-methyl/N-ethyl adjacent to an activating group) is 1. The fourth-order valence-electron chi connectivity index (χ4n) is 2.50. The first-order valence-electron chi connectivity index (χ1n) is 7.26. The topological polar surface area (TPSA) is 24.9 Å². The molecular formula is C17H20F2N2. The zero-order chi connectivity index (χ0) is 15.2. The molecule has 1 atom stereocenters. The van der Waals surface area contributed by atoms with Gasteiger partial charge in [-0.2, -0.15) is 0 Å². The molecule has 0 spiro atoms. The normalized spacial score (nSPS) is 12.4. The minimum atomic E-state index is -0.418. The largest absolute Gasteiger partial charge is 0.309 e. The SMILES string of the molecule is CCNC(Cc1cc(F)ccc1F)c1ncccc1CC. The van der Waals surface area contributed by atoms with Gasteiger partial charge in [-0.05, 0) is 54.8 Å². The van der Waals surface area contributed by atoms with E-state index in [1.165, 1.54) is 12.1 Å². The summed E-state index contributed by atoms with van der Waals surface area (Å²) in [6, 6.07) is 7.37. The van der Waals surface area contributed by atoms with Crippen molar-refractivity contribution in [1.82, 2.24) is 10.3 Å². The van der Waals surface area contributed by atoms with Gasteiger partial charge in [-0.25, -0.2) is 8.78 Å². The summed E-state index contributed by atoms with van der Waals surface area (Å²) in [5, 5.41) is 3.32. The van der Waals surface area contributed by atoms with Crippen LogP contribution in [0.25, 0.3) is 0 Å². The molecule has 0 saturated heterocycles. The van der Waals surface area contributed by atoms with Gasteiger partial charge in [0.2, 0.25) is 0 Å². The maximum Gasteiger partial charge on any atom is 0.126 e. The number of rotatable bonds is 6. The average Bonchev–Trinajstić information content (AvgIpc) is 2.50. The first-order valence-corrected chi connectivity index (χ1v) is 7.26. The molecule has 2 nitrogen and oxygen atoms in total. The molecule has 21 heavy (non-hydrogen) atoms. The van der Waals surface area contributed by atoms with Gasteiger partial charge in [0.25, 0.3) is 0 Å². The standard InChI is InChI=1S/C17H20F2N2/c1-3-12-6-5-9-21-17(12)16(20-4-2)11-13-10-14(18)7-8-15(13)19/h5-10,16,20H,3-4,11H2,1-2H3. The second-order valence-electron chi connectivity index (χ2n) is 4.95. The highest BCUT2D eigenvalue weighted by atomic mass is 19.1. The van der Waals surface area contributed by atoms with E-state index in [9.17, 15) is 8.78 Å². The third-order valence-corrected chi connectivity index (χ3v) is 3.52. The number of hydrogen-bond acceptors (Lipinski definition) is 2. The number of nitrogens with zero attached hydrogens (tertiary/aromatic N) is 1. The molecule has 0 amide bonds. The molecule has 0 fully saturated rings. The van der Waals surface area contributed by atoms with Gasteiger partial charge >= 0.3 is 0 Å². The minimum Gasteiger partial charge on any atom is -0.309 e. The highest BCUT2D eigenvalue weighted by Gasteiger charge is 2.18. The Balaban J connectivity index is 2.33. The van der Waals surface area contributed by atoms with Crippen molar-refractivity contribution in [3.63, 3.8) is 0 Å². The summed E-state index contributed by atoms with van der Waals surface area (Å²) in [7, 11) is 0. The van der Waals surface area contributed by atoms with Crippen LogP contribution in [-0.4, -0.2) is 11.5 Å². The molecule has 1 aromatic carbocycles. The summed E-state index contributed by atoms with van der Waals surface area (Å²) in [5.74, 6) is -0.799. The van der Waals surface area contributed by atoms with Crippen LogP contribution >= 0.6 is 0 Å². The van der Waals surface area contributed by atoms with Gasteiger partial charge in [-0.3, -0.25) is 4.98 Å².